The van der Waals surface area contributed by atoms with E-state index in [0.717, 1.165) is 22.4 Å². The minimum Gasteiger partial charge on any atom is -0.392 e. The van der Waals surface area contributed by atoms with Gasteiger partial charge in [0.05, 0.1) is 12.9 Å². The van der Waals surface area contributed by atoms with E-state index in [1.165, 1.54) is 0 Å². The van der Waals surface area contributed by atoms with Crippen molar-refractivity contribution in [2.24, 2.45) is 5.73 Å². The Morgan fingerprint density at radius 1 is 1.47 bits per heavy atom. The predicted octanol–water partition coefficient (Wildman–Crippen LogP) is 1.51. The number of aromatic amines is 1. The summed E-state index contributed by atoms with van der Waals surface area (Å²) in [6, 6.07) is 5.91. The highest BCUT2D eigenvalue weighted by Gasteiger charge is 2.15. The van der Waals surface area contributed by atoms with Crippen LogP contribution in [0.2, 0.25) is 0 Å². The molecule has 4 heteroatoms. The van der Waals surface area contributed by atoms with Crippen LogP contribution in [0.3, 0.4) is 0 Å². The second kappa shape index (κ2) is 5.12. The zero-order chi connectivity index (χ0) is 12.3. The summed E-state index contributed by atoms with van der Waals surface area (Å²) in [5.74, 6) is 0.197. The van der Waals surface area contributed by atoms with Gasteiger partial charge in [0.1, 0.15) is 0 Å². The molecule has 0 radical (unpaired) electrons. The van der Waals surface area contributed by atoms with Crippen LogP contribution in [0.5, 0.6) is 0 Å². The van der Waals surface area contributed by atoms with E-state index in [-0.39, 0.29) is 12.5 Å². The number of H-pyrrole nitrogens is 1. The number of hydrogen-bond donors (Lipinski definition) is 3. The predicted molar refractivity (Wildman–Crippen MR) is 66.4 cm³/mol. The van der Waals surface area contributed by atoms with Gasteiger partial charge in [0.25, 0.3) is 0 Å². The Morgan fingerprint density at radius 2 is 2.29 bits per heavy atom. The zero-order valence-electron chi connectivity index (χ0n) is 9.85. The number of nitrogens with one attached hydrogen (secondary N) is 1. The molecule has 17 heavy (non-hydrogen) atoms. The maximum absolute atomic E-state index is 9.31. The lowest BCUT2D eigenvalue weighted by Gasteiger charge is -2.17. The number of imidazole rings is 1. The van der Waals surface area contributed by atoms with E-state index in [4.69, 9.17) is 5.73 Å². The molecule has 0 saturated carbocycles. The topological polar surface area (TPSA) is 74.9 Å². The molecule has 0 bridgehead atoms. The van der Waals surface area contributed by atoms with Gasteiger partial charge in [-0.2, -0.15) is 0 Å². The van der Waals surface area contributed by atoms with E-state index in [1.807, 2.05) is 24.4 Å². The Morgan fingerprint density at radius 3 is 2.88 bits per heavy atom. The third-order valence-electron chi connectivity index (χ3n) is 3.14. The molecule has 90 valence electrons. The molecule has 1 heterocycles. The van der Waals surface area contributed by atoms with Crippen molar-refractivity contribution >= 4 is 0 Å². The van der Waals surface area contributed by atoms with Gasteiger partial charge in [-0.25, -0.2) is 4.98 Å². The molecule has 0 spiro atoms. The van der Waals surface area contributed by atoms with Crippen LogP contribution in [0.4, 0.5) is 0 Å². The third-order valence-corrected chi connectivity index (χ3v) is 3.14. The summed E-state index contributed by atoms with van der Waals surface area (Å²) in [5.41, 5.74) is 9.90. The van der Waals surface area contributed by atoms with Crippen molar-refractivity contribution in [3.8, 4) is 0 Å². The van der Waals surface area contributed by atoms with Gasteiger partial charge in [0.2, 0.25) is 0 Å². The molecule has 0 fully saturated rings. The summed E-state index contributed by atoms with van der Waals surface area (Å²) in [6.45, 7) is 2.56. The molecule has 1 aromatic heterocycles. The summed E-state index contributed by atoms with van der Waals surface area (Å²) >= 11 is 0. The number of aliphatic hydroxyl groups excluding tert-OH is 1. The fraction of sp³-hybridized carbons (Fsp3) is 0.308. The van der Waals surface area contributed by atoms with Crippen LogP contribution >= 0.6 is 0 Å². The second-order valence-electron chi connectivity index (χ2n) is 4.08. The molecule has 0 aliphatic rings. The first-order valence-corrected chi connectivity index (χ1v) is 5.67. The third kappa shape index (κ3) is 2.23. The van der Waals surface area contributed by atoms with E-state index in [0.29, 0.717) is 6.54 Å². The highest BCUT2D eigenvalue weighted by atomic mass is 16.3. The average molecular weight is 231 g/mol. The van der Waals surface area contributed by atoms with Gasteiger partial charge in [0.15, 0.2) is 0 Å². The zero-order valence-corrected chi connectivity index (χ0v) is 9.85. The molecule has 0 unspecified atom stereocenters. The maximum Gasteiger partial charge on any atom is 0.0921 e. The monoisotopic (exact) mass is 231 g/mol. The van der Waals surface area contributed by atoms with Crippen LogP contribution in [0.1, 0.15) is 35.2 Å². The number of aromatic nitrogens is 2. The average Bonchev–Trinajstić information content (AvgIpc) is 2.90. The van der Waals surface area contributed by atoms with Gasteiger partial charge in [-0.15, -0.1) is 0 Å². The lowest BCUT2D eigenvalue weighted by atomic mass is 9.90. The highest BCUT2D eigenvalue weighted by Crippen LogP contribution is 2.27. The summed E-state index contributed by atoms with van der Waals surface area (Å²) in [4.78, 5) is 7.14. The van der Waals surface area contributed by atoms with Crippen LogP contribution in [0, 0.1) is 0 Å². The highest BCUT2D eigenvalue weighted by molar-refractivity contribution is 5.39. The van der Waals surface area contributed by atoms with Crippen molar-refractivity contribution in [1.82, 2.24) is 9.97 Å². The molecule has 4 nitrogen and oxygen atoms in total. The molecule has 0 amide bonds. The number of nitrogens with zero attached hydrogens (tertiary/aromatic N) is 1. The smallest absolute Gasteiger partial charge is 0.0921 e. The molecular formula is C13H17N3O. The fourth-order valence-corrected chi connectivity index (χ4v) is 2.13. The minimum absolute atomic E-state index is 0.0239. The molecule has 1 aromatic carbocycles. The summed E-state index contributed by atoms with van der Waals surface area (Å²) < 4.78 is 0. The molecular weight excluding hydrogens is 214 g/mol. The van der Waals surface area contributed by atoms with Gasteiger partial charge >= 0.3 is 0 Å². The lowest BCUT2D eigenvalue weighted by molar-refractivity contribution is 0.280. The van der Waals surface area contributed by atoms with Crippen LogP contribution in [-0.4, -0.2) is 15.1 Å². The number of nitrogens with two attached hydrogens (primary N) is 1. The van der Waals surface area contributed by atoms with Crippen molar-refractivity contribution < 1.29 is 5.11 Å². The first-order chi connectivity index (χ1) is 8.27. The summed E-state index contributed by atoms with van der Waals surface area (Å²) in [5, 5.41) is 9.31. The van der Waals surface area contributed by atoms with Crippen molar-refractivity contribution in [1.29, 1.82) is 0 Å². The van der Waals surface area contributed by atoms with Crippen molar-refractivity contribution in [3.63, 3.8) is 0 Å². The fourth-order valence-electron chi connectivity index (χ4n) is 2.13. The second-order valence-corrected chi connectivity index (χ2v) is 4.08. The maximum atomic E-state index is 9.31. The number of benzene rings is 1. The van der Waals surface area contributed by atoms with Gasteiger partial charge < -0.3 is 15.8 Å². The molecule has 4 N–H and O–H groups in total. The molecule has 2 rings (SSSR count). The normalized spacial score (nSPS) is 12.6. The number of aliphatic hydroxyl groups is 1. The standard InChI is InChI=1S/C13H17N3O/c1-9(13-6-15-8-16-13)11-4-2-3-10(7-17)12(11)5-14/h2-4,6,8-9,17H,5,7,14H2,1H3,(H,15,16)/t9-/m0/s1. The number of hydrogen-bond acceptors (Lipinski definition) is 3. The lowest BCUT2D eigenvalue weighted by Crippen LogP contribution is -2.09. The Kier molecular flexibility index (Phi) is 3.56. The van der Waals surface area contributed by atoms with E-state index >= 15 is 0 Å². The SMILES string of the molecule is C[C@H](c1cnc[nH]1)c1cccc(CO)c1CN. The van der Waals surface area contributed by atoms with E-state index in [9.17, 15) is 5.11 Å². The summed E-state index contributed by atoms with van der Waals surface area (Å²) in [7, 11) is 0. The molecule has 1 atom stereocenters. The van der Waals surface area contributed by atoms with E-state index in [1.54, 1.807) is 6.33 Å². The van der Waals surface area contributed by atoms with E-state index in [2.05, 4.69) is 16.9 Å². The quantitative estimate of drug-likeness (QED) is 0.746. The van der Waals surface area contributed by atoms with Crippen LogP contribution in [-0.2, 0) is 13.2 Å². The Hall–Kier alpha value is -1.65. The van der Waals surface area contributed by atoms with Gasteiger partial charge in [-0.1, -0.05) is 25.1 Å². The van der Waals surface area contributed by atoms with Crippen LogP contribution in [0.15, 0.2) is 30.7 Å². The Bertz CT molecular complexity index is 479. The van der Waals surface area contributed by atoms with Crippen LogP contribution in [0.25, 0.3) is 0 Å². The minimum atomic E-state index is 0.0239. The van der Waals surface area contributed by atoms with Crippen molar-refractivity contribution in [2.75, 3.05) is 0 Å². The molecule has 2 aromatic rings. The Labute approximate surface area is 101 Å². The Balaban J connectivity index is 2.44. The van der Waals surface area contributed by atoms with Gasteiger partial charge in [0, 0.05) is 24.4 Å². The van der Waals surface area contributed by atoms with Gasteiger partial charge in [-0.3, -0.25) is 0 Å². The first kappa shape index (κ1) is 11.8. The van der Waals surface area contributed by atoms with Crippen molar-refractivity contribution in [2.45, 2.75) is 26.0 Å². The van der Waals surface area contributed by atoms with Gasteiger partial charge in [-0.05, 0) is 16.7 Å². The molecule has 0 aliphatic carbocycles. The van der Waals surface area contributed by atoms with E-state index < -0.39 is 0 Å². The largest absolute Gasteiger partial charge is 0.392 e. The van der Waals surface area contributed by atoms with Crippen molar-refractivity contribution in [3.05, 3.63) is 53.1 Å². The number of rotatable bonds is 4. The first-order valence-electron chi connectivity index (χ1n) is 5.67. The molecule has 0 saturated heterocycles. The molecule has 0 aliphatic heterocycles. The summed E-state index contributed by atoms with van der Waals surface area (Å²) in [6.07, 6.45) is 3.49. The van der Waals surface area contributed by atoms with Crippen LogP contribution < -0.4 is 5.73 Å².